The van der Waals surface area contributed by atoms with E-state index in [1.54, 1.807) is 0 Å². The summed E-state index contributed by atoms with van der Waals surface area (Å²) in [4.78, 5) is 0. The van der Waals surface area contributed by atoms with E-state index >= 15 is 0 Å². The maximum Gasteiger partial charge on any atom is 0.0719 e. The Morgan fingerprint density at radius 2 is 2.36 bits per heavy atom. The lowest BCUT2D eigenvalue weighted by Gasteiger charge is -2.20. The van der Waals surface area contributed by atoms with Crippen molar-refractivity contribution in [2.24, 2.45) is 5.73 Å². The monoisotopic (exact) mass is 191 g/mol. The molecule has 0 aromatic heterocycles. The molecule has 14 heavy (non-hydrogen) atoms. The number of hydrogen-bond acceptors (Lipinski definition) is 2. The van der Waals surface area contributed by atoms with E-state index in [2.05, 4.69) is 25.1 Å². The summed E-state index contributed by atoms with van der Waals surface area (Å²) in [6.07, 6.45) is 2.02. The number of rotatable bonds is 2. The number of ether oxygens (including phenoxy) is 1. The van der Waals surface area contributed by atoms with Crippen LogP contribution in [0.4, 0.5) is 0 Å². The largest absolute Gasteiger partial charge is 0.376 e. The van der Waals surface area contributed by atoms with Gasteiger partial charge in [0.1, 0.15) is 0 Å². The summed E-state index contributed by atoms with van der Waals surface area (Å²) in [7, 11) is 0. The number of nitrogens with two attached hydrogens (primary N) is 1. The van der Waals surface area contributed by atoms with Crippen LogP contribution in [0.3, 0.4) is 0 Å². The summed E-state index contributed by atoms with van der Waals surface area (Å²) < 4.78 is 5.42. The zero-order chi connectivity index (χ0) is 9.97. The second kappa shape index (κ2) is 4.11. The highest BCUT2D eigenvalue weighted by molar-refractivity contribution is 5.36. The van der Waals surface area contributed by atoms with E-state index in [-0.39, 0.29) is 6.04 Å². The van der Waals surface area contributed by atoms with E-state index in [4.69, 9.17) is 10.5 Å². The van der Waals surface area contributed by atoms with E-state index in [0.717, 1.165) is 26.1 Å². The minimum atomic E-state index is 0.240. The minimum absolute atomic E-state index is 0.240. The van der Waals surface area contributed by atoms with Gasteiger partial charge in [0, 0.05) is 6.04 Å². The first kappa shape index (κ1) is 9.69. The van der Waals surface area contributed by atoms with Gasteiger partial charge in [0.25, 0.3) is 0 Å². The molecule has 0 fully saturated rings. The quantitative estimate of drug-likeness (QED) is 0.771. The average molecular weight is 191 g/mol. The molecule has 0 radical (unpaired) electrons. The van der Waals surface area contributed by atoms with Crippen LogP contribution in [0.1, 0.15) is 23.6 Å². The van der Waals surface area contributed by atoms with Gasteiger partial charge in [0.15, 0.2) is 0 Å². The van der Waals surface area contributed by atoms with Gasteiger partial charge in [-0.05, 0) is 36.5 Å². The Bertz CT molecular complexity index is 320. The van der Waals surface area contributed by atoms with Crippen LogP contribution in [0.2, 0.25) is 0 Å². The van der Waals surface area contributed by atoms with Crippen molar-refractivity contribution in [3.8, 4) is 0 Å². The summed E-state index contributed by atoms with van der Waals surface area (Å²) in [6, 6.07) is 6.68. The Morgan fingerprint density at radius 3 is 3.14 bits per heavy atom. The first-order chi connectivity index (χ1) is 6.77. The molecule has 1 aliphatic heterocycles. The van der Waals surface area contributed by atoms with Crippen molar-refractivity contribution >= 4 is 0 Å². The van der Waals surface area contributed by atoms with Crippen LogP contribution in [-0.4, -0.2) is 12.6 Å². The molecule has 0 aliphatic carbocycles. The summed E-state index contributed by atoms with van der Waals surface area (Å²) in [5.74, 6) is 0. The van der Waals surface area contributed by atoms with Crippen LogP contribution >= 0.6 is 0 Å². The maximum absolute atomic E-state index is 5.83. The van der Waals surface area contributed by atoms with Crippen LogP contribution in [0.25, 0.3) is 0 Å². The fraction of sp³-hybridized carbons (Fsp3) is 0.500. The molecule has 0 bridgehead atoms. The molecule has 2 heteroatoms. The molecular formula is C12H17NO. The first-order valence-electron chi connectivity index (χ1n) is 5.20. The summed E-state index contributed by atoms with van der Waals surface area (Å²) >= 11 is 0. The molecular weight excluding hydrogens is 174 g/mol. The average Bonchev–Trinajstić information content (AvgIpc) is 2.18. The third-order valence-electron chi connectivity index (χ3n) is 2.67. The molecule has 1 atom stereocenters. The predicted octanol–water partition coefficient (Wildman–Crippen LogP) is 1.65. The topological polar surface area (TPSA) is 35.2 Å². The molecule has 0 spiro atoms. The van der Waals surface area contributed by atoms with E-state index in [0.29, 0.717) is 0 Å². The highest BCUT2D eigenvalue weighted by Crippen LogP contribution is 2.21. The molecule has 2 rings (SSSR count). The predicted molar refractivity (Wildman–Crippen MR) is 57.2 cm³/mol. The SMILES string of the molecule is CC(N)Cc1cccc2c1CCOC2. The van der Waals surface area contributed by atoms with Crippen LogP contribution in [0, 0.1) is 0 Å². The lowest BCUT2D eigenvalue weighted by atomic mass is 9.94. The van der Waals surface area contributed by atoms with Crippen molar-refractivity contribution in [2.45, 2.75) is 32.4 Å². The van der Waals surface area contributed by atoms with Crippen LogP contribution < -0.4 is 5.73 Å². The van der Waals surface area contributed by atoms with Gasteiger partial charge >= 0.3 is 0 Å². The molecule has 1 unspecified atom stereocenters. The van der Waals surface area contributed by atoms with Crippen molar-refractivity contribution < 1.29 is 4.74 Å². The van der Waals surface area contributed by atoms with E-state index in [1.165, 1.54) is 16.7 Å². The summed E-state index contributed by atoms with van der Waals surface area (Å²) in [5.41, 5.74) is 10.0. The van der Waals surface area contributed by atoms with Crippen molar-refractivity contribution in [3.63, 3.8) is 0 Å². The van der Waals surface area contributed by atoms with Crippen LogP contribution in [-0.2, 0) is 24.2 Å². The smallest absolute Gasteiger partial charge is 0.0719 e. The van der Waals surface area contributed by atoms with Crippen molar-refractivity contribution in [2.75, 3.05) is 6.61 Å². The Morgan fingerprint density at radius 1 is 1.50 bits per heavy atom. The summed E-state index contributed by atoms with van der Waals surface area (Å²) in [6.45, 7) is 3.67. The Labute approximate surface area is 85.1 Å². The summed E-state index contributed by atoms with van der Waals surface area (Å²) in [5, 5.41) is 0. The fourth-order valence-corrected chi connectivity index (χ4v) is 2.04. The normalized spacial score (nSPS) is 17.6. The van der Waals surface area contributed by atoms with Gasteiger partial charge in [-0.1, -0.05) is 18.2 Å². The molecule has 0 saturated heterocycles. The third-order valence-corrected chi connectivity index (χ3v) is 2.67. The molecule has 2 N–H and O–H groups in total. The molecule has 76 valence electrons. The molecule has 1 aromatic rings. The van der Waals surface area contributed by atoms with E-state index < -0.39 is 0 Å². The van der Waals surface area contributed by atoms with E-state index in [9.17, 15) is 0 Å². The van der Waals surface area contributed by atoms with Crippen molar-refractivity contribution in [1.82, 2.24) is 0 Å². The fourth-order valence-electron chi connectivity index (χ4n) is 2.04. The van der Waals surface area contributed by atoms with Gasteiger partial charge in [-0.3, -0.25) is 0 Å². The second-order valence-electron chi connectivity index (χ2n) is 4.04. The zero-order valence-corrected chi connectivity index (χ0v) is 8.62. The molecule has 0 saturated carbocycles. The molecule has 0 amide bonds. The van der Waals surface area contributed by atoms with Gasteiger partial charge in [-0.25, -0.2) is 0 Å². The lowest BCUT2D eigenvalue weighted by Crippen LogP contribution is -2.20. The second-order valence-corrected chi connectivity index (χ2v) is 4.04. The Balaban J connectivity index is 2.30. The van der Waals surface area contributed by atoms with Crippen molar-refractivity contribution in [1.29, 1.82) is 0 Å². The van der Waals surface area contributed by atoms with Gasteiger partial charge < -0.3 is 10.5 Å². The lowest BCUT2D eigenvalue weighted by molar-refractivity contribution is 0.110. The van der Waals surface area contributed by atoms with Gasteiger partial charge in [-0.15, -0.1) is 0 Å². The maximum atomic E-state index is 5.83. The van der Waals surface area contributed by atoms with Gasteiger partial charge in [0.05, 0.1) is 13.2 Å². The van der Waals surface area contributed by atoms with Crippen molar-refractivity contribution in [3.05, 3.63) is 34.9 Å². The van der Waals surface area contributed by atoms with Crippen LogP contribution in [0.15, 0.2) is 18.2 Å². The number of fused-ring (bicyclic) bond motifs is 1. The molecule has 2 nitrogen and oxygen atoms in total. The molecule has 1 aliphatic rings. The zero-order valence-electron chi connectivity index (χ0n) is 8.62. The third kappa shape index (κ3) is 1.97. The van der Waals surface area contributed by atoms with E-state index in [1.807, 2.05) is 0 Å². The standard InChI is InChI=1S/C12H17NO/c1-9(13)7-10-3-2-4-11-8-14-6-5-12(10)11/h2-4,9H,5-8,13H2,1H3. The number of benzene rings is 1. The van der Waals surface area contributed by atoms with Gasteiger partial charge in [0.2, 0.25) is 0 Å². The highest BCUT2D eigenvalue weighted by atomic mass is 16.5. The molecule has 1 aromatic carbocycles. The molecule has 1 heterocycles. The first-order valence-corrected chi connectivity index (χ1v) is 5.20. The highest BCUT2D eigenvalue weighted by Gasteiger charge is 2.13. The van der Waals surface area contributed by atoms with Gasteiger partial charge in [-0.2, -0.15) is 0 Å². The Hall–Kier alpha value is -0.860. The van der Waals surface area contributed by atoms with Crippen LogP contribution in [0.5, 0.6) is 0 Å². The minimum Gasteiger partial charge on any atom is -0.376 e. The Kier molecular flexibility index (Phi) is 2.85. The number of hydrogen-bond donors (Lipinski definition) is 1.